The van der Waals surface area contributed by atoms with E-state index in [2.05, 4.69) is 9.97 Å². The Kier molecular flexibility index (Phi) is 10.4. The maximum absolute atomic E-state index is 15.7. The fourth-order valence-electron chi connectivity index (χ4n) is 9.04. The van der Waals surface area contributed by atoms with Crippen LogP contribution in [-0.2, 0) is 14.1 Å². The molecule has 0 spiro atoms. The van der Waals surface area contributed by atoms with Crippen molar-refractivity contribution in [3.8, 4) is 0 Å². The molecule has 0 N–H and O–H groups in total. The molecule has 2 fully saturated rings. The van der Waals surface area contributed by atoms with E-state index < -0.39 is 23.7 Å². The molecular formula is C44H50F2N10O2. The number of aryl methyl sites for hydroxylation is 2. The number of hydrogen-bond acceptors (Lipinski definition) is 6. The number of urea groups is 2. The number of hydrazine groups is 1. The van der Waals surface area contributed by atoms with Gasteiger partial charge in [-0.05, 0) is 62.7 Å². The third kappa shape index (κ3) is 6.83. The van der Waals surface area contributed by atoms with Crippen LogP contribution < -0.4 is 9.80 Å². The zero-order chi connectivity index (χ0) is 40.8. The number of halogens is 2. The number of hydrogen-bond donors (Lipinski definition) is 0. The molecule has 8 rings (SSSR count). The maximum Gasteiger partial charge on any atom is 0.339 e. The number of aromatic nitrogens is 4. The summed E-state index contributed by atoms with van der Waals surface area (Å²) in [5.41, 5.74) is 4.58. The average molecular weight is 789 g/mol. The van der Waals surface area contributed by atoms with Crippen LogP contribution in [0.25, 0.3) is 21.8 Å². The number of fused-ring (bicyclic) bond motifs is 2. The van der Waals surface area contributed by atoms with Crippen LogP contribution in [0.5, 0.6) is 0 Å². The first-order valence-electron chi connectivity index (χ1n) is 19.9. The summed E-state index contributed by atoms with van der Waals surface area (Å²) < 4.78 is 34.0. The number of amides is 4. The second-order valence-electron chi connectivity index (χ2n) is 15.7. The molecule has 6 heterocycles. The molecule has 4 amide bonds. The molecule has 12 nitrogen and oxygen atoms in total. The first-order chi connectivity index (χ1) is 27.9. The van der Waals surface area contributed by atoms with Crippen LogP contribution in [0.1, 0.15) is 50.9 Å². The lowest BCUT2D eigenvalue weighted by atomic mass is 10.0. The van der Waals surface area contributed by atoms with Crippen molar-refractivity contribution in [3.63, 3.8) is 0 Å². The van der Waals surface area contributed by atoms with Gasteiger partial charge in [-0.3, -0.25) is 9.97 Å². The monoisotopic (exact) mass is 788 g/mol. The molecule has 0 bridgehead atoms. The van der Waals surface area contributed by atoms with Gasteiger partial charge in [0.25, 0.3) is 0 Å². The van der Waals surface area contributed by atoms with Crippen molar-refractivity contribution in [2.45, 2.75) is 51.9 Å². The molecule has 302 valence electrons. The minimum Gasteiger partial charge on any atom is -0.365 e. The summed E-state index contributed by atoms with van der Waals surface area (Å²) in [6, 6.07) is 17.0. The van der Waals surface area contributed by atoms with Crippen LogP contribution in [0.2, 0.25) is 0 Å². The van der Waals surface area contributed by atoms with Gasteiger partial charge < -0.3 is 28.7 Å². The fourth-order valence-corrected chi connectivity index (χ4v) is 9.04. The number of carbonyl (C=O) groups is 2. The van der Waals surface area contributed by atoms with Crippen molar-refractivity contribution in [3.05, 3.63) is 121 Å². The van der Waals surface area contributed by atoms with Crippen LogP contribution in [0, 0.1) is 11.6 Å². The van der Waals surface area contributed by atoms with Gasteiger partial charge in [-0.25, -0.2) is 28.4 Å². The minimum absolute atomic E-state index is 0.301. The molecule has 4 aromatic heterocycles. The summed E-state index contributed by atoms with van der Waals surface area (Å²) in [4.78, 5) is 46.7. The quantitative estimate of drug-likeness (QED) is 0.161. The van der Waals surface area contributed by atoms with Gasteiger partial charge in [0.15, 0.2) is 11.6 Å². The van der Waals surface area contributed by atoms with Gasteiger partial charge in [-0.1, -0.05) is 36.4 Å². The number of rotatable bonds is 6. The van der Waals surface area contributed by atoms with E-state index in [1.165, 1.54) is 12.4 Å². The summed E-state index contributed by atoms with van der Waals surface area (Å²) in [6.45, 7) is 10.1. The third-order valence-corrected chi connectivity index (χ3v) is 12.0. The second-order valence-corrected chi connectivity index (χ2v) is 15.7. The summed E-state index contributed by atoms with van der Waals surface area (Å²) in [6.07, 6.45) is 9.55. The number of benzene rings is 2. The fraction of sp³-hybridized carbons (Fsp3) is 0.364. The predicted molar refractivity (Wildman–Crippen MR) is 222 cm³/mol. The SMILES string of the molecule is C[C@@H]1CN(c2ccncc2F)CCN1C(=O)N([C@H](C)c1cccc2ccn(C)c12)N(C(=O)N1CCN(c2ccncc2F)C[C@H]1C)[C@@H](C)c1cccc2ccn(C)c12. The molecule has 2 saturated heterocycles. The van der Waals surface area contributed by atoms with E-state index in [-0.39, 0.29) is 24.1 Å². The molecule has 6 aromatic rings. The highest BCUT2D eigenvalue weighted by molar-refractivity contribution is 5.88. The Labute approximate surface area is 337 Å². The summed E-state index contributed by atoms with van der Waals surface area (Å²) >= 11 is 0. The third-order valence-electron chi connectivity index (χ3n) is 12.0. The van der Waals surface area contributed by atoms with Gasteiger partial charge in [0.2, 0.25) is 0 Å². The Morgan fingerprint density at radius 3 is 1.43 bits per heavy atom. The van der Waals surface area contributed by atoms with Crippen molar-refractivity contribution in [1.82, 2.24) is 38.9 Å². The van der Waals surface area contributed by atoms with E-state index in [9.17, 15) is 8.78 Å². The van der Waals surface area contributed by atoms with Gasteiger partial charge in [0.05, 0.1) is 46.9 Å². The van der Waals surface area contributed by atoms with Crippen molar-refractivity contribution in [2.75, 3.05) is 49.1 Å². The number of pyridine rings is 2. The van der Waals surface area contributed by atoms with Crippen LogP contribution >= 0.6 is 0 Å². The first-order valence-corrected chi connectivity index (χ1v) is 19.9. The molecule has 2 aliphatic heterocycles. The van der Waals surface area contributed by atoms with Crippen LogP contribution in [0.4, 0.5) is 29.7 Å². The second kappa shape index (κ2) is 15.6. The van der Waals surface area contributed by atoms with Gasteiger partial charge in [0, 0.05) is 101 Å². The molecular weight excluding hydrogens is 739 g/mol. The Morgan fingerprint density at radius 2 is 1.05 bits per heavy atom. The highest BCUT2D eigenvalue weighted by Crippen LogP contribution is 2.38. The normalized spacial score (nSPS) is 18.5. The molecule has 0 saturated carbocycles. The molecule has 14 heteroatoms. The summed E-state index contributed by atoms with van der Waals surface area (Å²) in [5.74, 6) is -0.830. The average Bonchev–Trinajstić information content (AvgIpc) is 3.81. The lowest BCUT2D eigenvalue weighted by Crippen LogP contribution is -2.65. The topological polar surface area (TPSA) is 89.2 Å². The van der Waals surface area contributed by atoms with Crippen molar-refractivity contribution in [2.24, 2.45) is 14.1 Å². The van der Waals surface area contributed by atoms with Crippen molar-refractivity contribution >= 4 is 45.2 Å². The van der Waals surface area contributed by atoms with Crippen LogP contribution in [-0.4, -0.2) is 102 Å². The maximum atomic E-state index is 15.7. The van der Waals surface area contributed by atoms with Gasteiger partial charge >= 0.3 is 12.1 Å². The molecule has 0 radical (unpaired) electrons. The highest BCUT2D eigenvalue weighted by atomic mass is 19.1. The Balaban J connectivity index is 1.24. The molecule has 0 unspecified atom stereocenters. The lowest BCUT2D eigenvalue weighted by molar-refractivity contribution is -0.0402. The summed E-state index contributed by atoms with van der Waals surface area (Å²) in [7, 11) is 3.97. The van der Waals surface area contributed by atoms with Gasteiger partial charge in [-0.2, -0.15) is 0 Å². The predicted octanol–water partition coefficient (Wildman–Crippen LogP) is 7.74. The van der Waals surface area contributed by atoms with E-state index in [0.717, 1.165) is 32.9 Å². The standard InChI is InChI=1S/C44H50F2N10O2/c1-29-27-51(39-13-17-47-25-37(39)45)21-23-53(29)43(57)55(31(3)35-11-7-9-33-15-19-49(5)41(33)35)56(32(4)36-12-8-10-34-16-20-50(6)42(34)36)44(58)54-24-22-52(28-30(54)2)40-14-18-48-26-38(40)46/h7-20,25-26,29-32H,21-24,27-28H2,1-6H3/t29-,30-,31-,32+/m1/s1. The molecule has 4 atom stereocenters. The first kappa shape index (κ1) is 38.7. The van der Waals surface area contributed by atoms with Crippen molar-refractivity contribution in [1.29, 1.82) is 0 Å². The Bertz CT molecular complexity index is 2300. The number of carbonyl (C=O) groups excluding carboxylic acids is 2. The van der Waals surface area contributed by atoms with Crippen LogP contribution in [0.15, 0.2) is 97.8 Å². The molecule has 58 heavy (non-hydrogen) atoms. The van der Waals surface area contributed by atoms with E-state index in [1.54, 1.807) is 44.3 Å². The van der Waals surface area contributed by atoms with Gasteiger partial charge in [0.1, 0.15) is 0 Å². The summed E-state index contributed by atoms with van der Waals surface area (Å²) in [5, 5.41) is 5.37. The number of nitrogens with zero attached hydrogens (tertiary/aromatic N) is 10. The zero-order valence-corrected chi connectivity index (χ0v) is 33.8. The van der Waals surface area contributed by atoms with Gasteiger partial charge in [-0.15, -0.1) is 0 Å². The minimum atomic E-state index is -0.616. The highest BCUT2D eigenvalue weighted by Gasteiger charge is 2.44. The zero-order valence-electron chi connectivity index (χ0n) is 33.8. The Hall–Kier alpha value is -6.18. The van der Waals surface area contributed by atoms with E-state index in [1.807, 2.05) is 122 Å². The molecule has 2 aliphatic rings. The molecule has 0 aliphatic carbocycles. The van der Waals surface area contributed by atoms with E-state index >= 15 is 9.59 Å². The number of para-hydroxylation sites is 2. The largest absolute Gasteiger partial charge is 0.365 e. The van der Waals surface area contributed by atoms with Crippen LogP contribution in [0.3, 0.4) is 0 Å². The number of anilines is 2. The van der Waals surface area contributed by atoms with E-state index in [0.29, 0.717) is 50.6 Å². The smallest absolute Gasteiger partial charge is 0.339 e. The lowest BCUT2D eigenvalue weighted by Gasteiger charge is -2.50. The van der Waals surface area contributed by atoms with Crippen molar-refractivity contribution < 1.29 is 18.4 Å². The molecule has 2 aromatic carbocycles. The van der Waals surface area contributed by atoms with E-state index in [4.69, 9.17) is 0 Å². The number of piperazine rings is 2. The Morgan fingerprint density at radius 1 is 0.638 bits per heavy atom.